The summed E-state index contributed by atoms with van der Waals surface area (Å²) in [6.45, 7) is 1.60. The van der Waals surface area contributed by atoms with Crippen molar-refractivity contribution in [2.45, 2.75) is 6.92 Å². The van der Waals surface area contributed by atoms with Crippen LogP contribution >= 0.6 is 11.6 Å². The van der Waals surface area contributed by atoms with Crippen molar-refractivity contribution < 1.29 is 4.92 Å². The highest BCUT2D eigenvalue weighted by molar-refractivity contribution is 6.30. The molecule has 3 aromatic rings. The van der Waals surface area contributed by atoms with E-state index in [2.05, 4.69) is 15.4 Å². The number of nitro groups is 1. The lowest BCUT2D eigenvalue weighted by Gasteiger charge is -2.08. The molecule has 0 spiro atoms. The molecule has 0 aliphatic heterocycles. The van der Waals surface area contributed by atoms with E-state index >= 15 is 0 Å². The summed E-state index contributed by atoms with van der Waals surface area (Å²) in [5.74, 6) is 0.683. The molecular formula is C15H12ClN5O2. The lowest BCUT2D eigenvalue weighted by Crippen LogP contribution is -2.04. The number of anilines is 2. The summed E-state index contributed by atoms with van der Waals surface area (Å²) in [4.78, 5) is 15.1. The lowest BCUT2D eigenvalue weighted by molar-refractivity contribution is -0.384. The second-order valence-electron chi connectivity index (χ2n) is 4.77. The van der Waals surface area contributed by atoms with E-state index in [0.717, 1.165) is 0 Å². The van der Waals surface area contributed by atoms with Crippen molar-refractivity contribution in [3.05, 3.63) is 69.5 Å². The Morgan fingerprint density at radius 3 is 2.57 bits per heavy atom. The molecule has 2 heterocycles. The van der Waals surface area contributed by atoms with Gasteiger partial charge in [-0.1, -0.05) is 29.8 Å². The first-order chi connectivity index (χ1) is 11.1. The van der Waals surface area contributed by atoms with Gasteiger partial charge < -0.3 is 5.32 Å². The lowest BCUT2D eigenvalue weighted by atomic mass is 10.3. The van der Waals surface area contributed by atoms with Crippen LogP contribution in [-0.2, 0) is 0 Å². The van der Waals surface area contributed by atoms with Crippen molar-refractivity contribution in [1.82, 2.24) is 14.8 Å². The maximum atomic E-state index is 11.4. The normalized spacial score (nSPS) is 10.5. The van der Waals surface area contributed by atoms with Crippen LogP contribution < -0.4 is 5.32 Å². The second-order valence-corrected chi connectivity index (χ2v) is 5.21. The molecule has 0 aliphatic carbocycles. The quantitative estimate of drug-likeness (QED) is 0.580. The first-order valence-electron chi connectivity index (χ1n) is 6.74. The average molecular weight is 330 g/mol. The molecule has 0 fully saturated rings. The molecule has 0 radical (unpaired) electrons. The molecule has 1 aromatic carbocycles. The van der Waals surface area contributed by atoms with E-state index in [0.29, 0.717) is 22.2 Å². The summed E-state index contributed by atoms with van der Waals surface area (Å²) in [5, 5.41) is 19.1. The Hall–Kier alpha value is -2.93. The Kier molecular flexibility index (Phi) is 3.94. The predicted octanol–water partition coefficient (Wildman–Crippen LogP) is 3.88. The van der Waals surface area contributed by atoms with Crippen molar-refractivity contribution in [2.24, 2.45) is 0 Å². The Balaban J connectivity index is 2.12. The van der Waals surface area contributed by atoms with E-state index in [1.165, 1.54) is 10.9 Å². The van der Waals surface area contributed by atoms with Crippen LogP contribution in [0.2, 0.25) is 5.02 Å². The molecule has 0 saturated carbocycles. The number of hydrogen-bond donors (Lipinski definition) is 1. The highest BCUT2D eigenvalue weighted by Crippen LogP contribution is 2.32. The van der Waals surface area contributed by atoms with Gasteiger partial charge in [-0.15, -0.1) is 0 Å². The van der Waals surface area contributed by atoms with E-state index in [-0.39, 0.29) is 11.5 Å². The topological polar surface area (TPSA) is 85.9 Å². The molecule has 2 aromatic heterocycles. The first-order valence-corrected chi connectivity index (χ1v) is 7.12. The molecule has 0 amide bonds. The summed E-state index contributed by atoms with van der Waals surface area (Å²) in [6, 6.07) is 12.5. The molecule has 0 atom stereocenters. The molecule has 0 unspecified atom stereocenters. The van der Waals surface area contributed by atoms with E-state index in [9.17, 15) is 10.1 Å². The van der Waals surface area contributed by atoms with Crippen LogP contribution in [0.1, 0.15) is 5.69 Å². The second kappa shape index (κ2) is 6.05. The standard InChI is InChI=1S/C15H12ClN5O2/c1-10-14(21(22)23)15(18-13-8-7-11(16)9-17-13)20(19-10)12-5-3-2-4-6-12/h2-9H,1H3,(H,17,18). The van der Waals surface area contributed by atoms with Crippen LogP contribution in [0, 0.1) is 17.0 Å². The summed E-state index contributed by atoms with van der Waals surface area (Å²) < 4.78 is 1.49. The maximum absolute atomic E-state index is 11.4. The number of halogens is 1. The number of aromatic nitrogens is 3. The van der Waals surface area contributed by atoms with Crippen LogP contribution in [0.5, 0.6) is 0 Å². The Labute approximate surface area is 136 Å². The average Bonchev–Trinajstić information content (AvgIpc) is 2.87. The Bertz CT molecular complexity index is 846. The Morgan fingerprint density at radius 1 is 1.22 bits per heavy atom. The summed E-state index contributed by atoms with van der Waals surface area (Å²) in [6.07, 6.45) is 1.46. The van der Waals surface area contributed by atoms with Gasteiger partial charge in [0.25, 0.3) is 0 Å². The maximum Gasteiger partial charge on any atom is 0.334 e. The third-order valence-corrected chi connectivity index (χ3v) is 3.41. The number of benzene rings is 1. The summed E-state index contributed by atoms with van der Waals surface area (Å²) in [5.41, 5.74) is 0.932. The van der Waals surface area contributed by atoms with E-state index in [1.54, 1.807) is 19.1 Å². The van der Waals surface area contributed by atoms with Gasteiger partial charge in [-0.2, -0.15) is 5.10 Å². The van der Waals surface area contributed by atoms with Crippen molar-refractivity contribution in [2.75, 3.05) is 5.32 Å². The number of para-hydroxylation sites is 1. The first kappa shape index (κ1) is 15.0. The SMILES string of the molecule is Cc1nn(-c2ccccc2)c(Nc2ccc(Cl)cn2)c1[N+](=O)[O-]. The molecular weight excluding hydrogens is 318 g/mol. The zero-order chi connectivity index (χ0) is 16.4. The predicted molar refractivity (Wildman–Crippen MR) is 87.5 cm³/mol. The van der Waals surface area contributed by atoms with Crippen LogP contribution in [0.25, 0.3) is 5.69 Å². The van der Waals surface area contributed by atoms with Crippen LogP contribution in [0.4, 0.5) is 17.3 Å². The van der Waals surface area contributed by atoms with Gasteiger partial charge in [-0.3, -0.25) is 10.1 Å². The third kappa shape index (κ3) is 3.00. The van der Waals surface area contributed by atoms with E-state index in [4.69, 9.17) is 11.6 Å². The number of nitrogens with zero attached hydrogens (tertiary/aromatic N) is 4. The van der Waals surface area contributed by atoms with Gasteiger partial charge in [-0.25, -0.2) is 9.67 Å². The monoisotopic (exact) mass is 329 g/mol. The number of nitrogens with one attached hydrogen (secondary N) is 1. The van der Waals surface area contributed by atoms with Gasteiger partial charge in [-0.05, 0) is 31.2 Å². The molecule has 116 valence electrons. The number of rotatable bonds is 4. The molecule has 7 nitrogen and oxygen atoms in total. The number of pyridine rings is 1. The van der Waals surface area contributed by atoms with Gasteiger partial charge in [0.2, 0.25) is 5.82 Å². The van der Waals surface area contributed by atoms with Gasteiger partial charge in [0, 0.05) is 6.20 Å². The van der Waals surface area contributed by atoms with Gasteiger partial charge in [0.05, 0.1) is 15.6 Å². The fourth-order valence-corrected chi connectivity index (χ4v) is 2.29. The largest absolute Gasteiger partial charge is 0.334 e. The van der Waals surface area contributed by atoms with Crippen LogP contribution in [0.3, 0.4) is 0 Å². The zero-order valence-corrected chi connectivity index (χ0v) is 12.9. The van der Waals surface area contributed by atoms with E-state index in [1.807, 2.05) is 30.3 Å². The van der Waals surface area contributed by atoms with Crippen molar-refractivity contribution in [3.63, 3.8) is 0 Å². The minimum atomic E-state index is -0.458. The molecule has 0 saturated heterocycles. The fourth-order valence-electron chi connectivity index (χ4n) is 2.18. The number of hydrogen-bond acceptors (Lipinski definition) is 5. The molecule has 8 heteroatoms. The van der Waals surface area contributed by atoms with Gasteiger partial charge in [0.15, 0.2) is 0 Å². The van der Waals surface area contributed by atoms with Gasteiger partial charge >= 0.3 is 5.69 Å². The van der Waals surface area contributed by atoms with Crippen molar-refractivity contribution in [3.8, 4) is 5.69 Å². The summed E-state index contributed by atoms with van der Waals surface area (Å²) >= 11 is 5.81. The zero-order valence-electron chi connectivity index (χ0n) is 12.1. The molecule has 23 heavy (non-hydrogen) atoms. The van der Waals surface area contributed by atoms with Crippen molar-refractivity contribution in [1.29, 1.82) is 0 Å². The smallest absolute Gasteiger partial charge is 0.319 e. The van der Waals surface area contributed by atoms with Crippen LogP contribution in [0.15, 0.2) is 48.7 Å². The Morgan fingerprint density at radius 2 is 1.96 bits per heavy atom. The molecule has 0 bridgehead atoms. The van der Waals surface area contributed by atoms with Gasteiger partial charge in [0.1, 0.15) is 11.5 Å². The minimum Gasteiger partial charge on any atom is -0.319 e. The van der Waals surface area contributed by atoms with Crippen molar-refractivity contribution >= 4 is 28.9 Å². The fraction of sp³-hybridized carbons (Fsp3) is 0.0667. The summed E-state index contributed by atoms with van der Waals surface area (Å²) in [7, 11) is 0. The molecule has 1 N–H and O–H groups in total. The molecule has 3 rings (SSSR count). The minimum absolute atomic E-state index is 0.0920. The van der Waals surface area contributed by atoms with E-state index < -0.39 is 4.92 Å². The molecule has 0 aliphatic rings. The highest BCUT2D eigenvalue weighted by atomic mass is 35.5. The number of aryl methyl sites for hydroxylation is 1. The third-order valence-electron chi connectivity index (χ3n) is 3.19. The van der Waals surface area contributed by atoms with Crippen LogP contribution in [-0.4, -0.2) is 19.7 Å². The highest BCUT2D eigenvalue weighted by Gasteiger charge is 2.26.